The molecule has 7 rings (SSSR count). The van der Waals surface area contributed by atoms with Crippen molar-refractivity contribution in [3.8, 4) is 17.1 Å². The Morgan fingerprint density at radius 1 is 0.694 bits per heavy atom. The Morgan fingerprint density at radius 2 is 1.28 bits per heavy atom. The first-order valence-electron chi connectivity index (χ1n) is 11.5. The maximum absolute atomic E-state index is 13.3. The molecule has 170 valence electrons. The summed E-state index contributed by atoms with van der Waals surface area (Å²) in [6.45, 7) is 0. The van der Waals surface area contributed by atoms with E-state index in [0.29, 0.717) is 34.2 Å². The van der Waals surface area contributed by atoms with Gasteiger partial charge in [-0.05, 0) is 53.2 Å². The molecule has 6 aromatic rings. The van der Waals surface area contributed by atoms with Crippen molar-refractivity contribution in [3.63, 3.8) is 0 Å². The summed E-state index contributed by atoms with van der Waals surface area (Å²) >= 11 is 0. The highest BCUT2D eigenvalue weighted by Crippen LogP contribution is 2.33. The van der Waals surface area contributed by atoms with E-state index in [9.17, 15) is 9.59 Å². The molecule has 1 aliphatic rings. The van der Waals surface area contributed by atoms with Crippen LogP contribution in [-0.4, -0.2) is 26.1 Å². The van der Waals surface area contributed by atoms with Gasteiger partial charge in [0.15, 0.2) is 11.6 Å². The van der Waals surface area contributed by atoms with Crippen LogP contribution in [-0.2, 0) is 0 Å². The summed E-state index contributed by atoms with van der Waals surface area (Å²) in [4.78, 5) is 36.0. The fourth-order valence-corrected chi connectivity index (χ4v) is 4.69. The number of oxazole rings is 1. The first-order chi connectivity index (χ1) is 17.7. The van der Waals surface area contributed by atoms with E-state index in [-0.39, 0.29) is 17.1 Å². The number of carbonyl (C=O) groups is 2. The number of imidazole rings is 1. The molecule has 6 nitrogen and oxygen atoms in total. The molecule has 2 heterocycles. The van der Waals surface area contributed by atoms with Crippen LogP contribution in [0.25, 0.3) is 45.4 Å². The maximum Gasteiger partial charge on any atom is 0.267 e. The molecule has 0 amide bonds. The Morgan fingerprint density at radius 3 is 1.92 bits per heavy atom. The third-order valence-corrected chi connectivity index (χ3v) is 6.42. The minimum absolute atomic E-state index is 0.0772. The lowest BCUT2D eigenvalue weighted by Crippen LogP contribution is -2.04. The summed E-state index contributed by atoms with van der Waals surface area (Å²) in [5.41, 5.74) is 3.36. The van der Waals surface area contributed by atoms with Gasteiger partial charge in [-0.2, -0.15) is 9.97 Å². The quantitative estimate of drug-likeness (QED) is 0.226. The second-order valence-corrected chi connectivity index (χ2v) is 8.62. The zero-order valence-electron chi connectivity index (χ0n) is 18.9. The minimum atomic E-state index is -0.307. The number of para-hydroxylation sites is 1. The molecule has 0 saturated carbocycles. The Hall–Kier alpha value is -5.10. The number of rotatable bonds is 3. The second kappa shape index (κ2) is 7.71. The average Bonchev–Trinajstić information content (AvgIpc) is 3.55. The van der Waals surface area contributed by atoms with Crippen molar-refractivity contribution in [3.05, 3.63) is 120 Å². The van der Waals surface area contributed by atoms with Crippen molar-refractivity contribution < 1.29 is 14.0 Å². The third kappa shape index (κ3) is 3.05. The number of hydrogen-bond acceptors (Lipinski definition) is 5. The van der Waals surface area contributed by atoms with Crippen molar-refractivity contribution in [2.24, 2.45) is 0 Å². The standard InChI is InChI=1S/C30H17N3O3/c34-26-22-15-19-11-7-8-12-20(19)16-23(22)27(35)24(26)17-25-31-30-28(33(25)21-13-5-2-6-14-21)32-29(36-30)18-9-3-1-4-10-18/h1-17H. The molecule has 0 N–H and O–H groups in total. The highest BCUT2D eigenvalue weighted by molar-refractivity contribution is 6.42. The number of nitrogens with zero attached hydrogens (tertiary/aromatic N) is 3. The molecule has 0 unspecified atom stereocenters. The van der Waals surface area contributed by atoms with Crippen molar-refractivity contribution in [2.45, 2.75) is 0 Å². The van der Waals surface area contributed by atoms with E-state index in [2.05, 4.69) is 4.98 Å². The molecule has 36 heavy (non-hydrogen) atoms. The van der Waals surface area contributed by atoms with Crippen LogP contribution in [0.5, 0.6) is 0 Å². The molecule has 0 fully saturated rings. The van der Waals surface area contributed by atoms with Crippen LogP contribution in [0.3, 0.4) is 0 Å². The van der Waals surface area contributed by atoms with Crippen molar-refractivity contribution >= 4 is 39.8 Å². The zero-order chi connectivity index (χ0) is 24.2. The summed E-state index contributed by atoms with van der Waals surface area (Å²) in [5.74, 6) is 0.232. The van der Waals surface area contributed by atoms with Crippen LogP contribution < -0.4 is 0 Å². The van der Waals surface area contributed by atoms with Crippen molar-refractivity contribution in [1.29, 1.82) is 0 Å². The van der Waals surface area contributed by atoms with Crippen molar-refractivity contribution in [1.82, 2.24) is 14.5 Å². The Balaban J connectivity index is 1.40. The number of hydrogen-bond donors (Lipinski definition) is 0. The SMILES string of the molecule is O=C1C(=Cc2nc3oc(-c4ccccc4)nc3n2-c2ccccc2)C(=O)c2cc3ccccc3cc21. The minimum Gasteiger partial charge on any atom is -0.416 e. The largest absolute Gasteiger partial charge is 0.416 e. The van der Waals surface area contributed by atoms with E-state index in [0.717, 1.165) is 22.0 Å². The van der Waals surface area contributed by atoms with Crippen LogP contribution in [0.4, 0.5) is 0 Å². The molecule has 0 atom stereocenters. The van der Waals surface area contributed by atoms with Gasteiger partial charge in [-0.15, -0.1) is 0 Å². The van der Waals surface area contributed by atoms with E-state index < -0.39 is 0 Å². The Labute approximate surface area is 205 Å². The lowest BCUT2D eigenvalue weighted by atomic mass is 10.0. The first-order valence-corrected chi connectivity index (χ1v) is 11.5. The van der Waals surface area contributed by atoms with Gasteiger partial charge in [0.05, 0.1) is 5.57 Å². The number of allylic oxidation sites excluding steroid dienone is 1. The predicted molar refractivity (Wildman–Crippen MR) is 137 cm³/mol. The number of fused-ring (bicyclic) bond motifs is 3. The molecular weight excluding hydrogens is 450 g/mol. The van der Waals surface area contributed by atoms with Crippen molar-refractivity contribution in [2.75, 3.05) is 0 Å². The maximum atomic E-state index is 13.3. The summed E-state index contributed by atoms with van der Waals surface area (Å²) in [6, 6.07) is 30.4. The zero-order valence-corrected chi connectivity index (χ0v) is 18.9. The molecule has 0 aliphatic heterocycles. The Kier molecular flexibility index (Phi) is 4.35. The van der Waals surface area contributed by atoms with Gasteiger partial charge in [0.2, 0.25) is 11.5 Å². The molecule has 1 aliphatic carbocycles. The number of Topliss-reactive ketones (excluding diaryl/α,β-unsaturated/α-hetero) is 2. The highest BCUT2D eigenvalue weighted by atomic mass is 16.4. The van der Waals surface area contributed by atoms with Gasteiger partial charge in [-0.1, -0.05) is 60.7 Å². The van der Waals surface area contributed by atoms with Gasteiger partial charge in [0, 0.05) is 22.4 Å². The molecule has 0 spiro atoms. The lowest BCUT2D eigenvalue weighted by molar-refractivity contribution is 0.0990. The molecule has 4 aromatic carbocycles. The van der Waals surface area contributed by atoms with Crippen LogP contribution in [0.2, 0.25) is 0 Å². The topological polar surface area (TPSA) is 78.0 Å². The van der Waals surface area contributed by atoms with Gasteiger partial charge >= 0.3 is 0 Å². The Bertz CT molecular complexity index is 1810. The van der Waals surface area contributed by atoms with Crippen LogP contribution in [0.1, 0.15) is 26.5 Å². The third-order valence-electron chi connectivity index (χ3n) is 6.42. The van der Waals surface area contributed by atoms with Crippen LogP contribution >= 0.6 is 0 Å². The van der Waals surface area contributed by atoms with Gasteiger partial charge < -0.3 is 4.42 Å². The van der Waals surface area contributed by atoms with E-state index in [4.69, 9.17) is 9.40 Å². The van der Waals surface area contributed by atoms with Crippen LogP contribution in [0.15, 0.2) is 107 Å². The summed E-state index contributed by atoms with van der Waals surface area (Å²) < 4.78 is 7.79. The summed E-state index contributed by atoms with van der Waals surface area (Å²) in [7, 11) is 0. The average molecular weight is 467 g/mol. The highest BCUT2D eigenvalue weighted by Gasteiger charge is 2.34. The number of carbonyl (C=O) groups excluding carboxylic acids is 2. The van der Waals surface area contributed by atoms with Gasteiger partial charge in [-0.25, -0.2) is 0 Å². The molecule has 0 saturated heterocycles. The predicted octanol–water partition coefficient (Wildman–Crippen LogP) is 6.30. The summed E-state index contributed by atoms with van der Waals surface area (Å²) in [5, 5.41) is 1.83. The first kappa shape index (κ1) is 20.3. The van der Waals surface area contributed by atoms with Gasteiger partial charge in [0.25, 0.3) is 5.71 Å². The molecule has 0 radical (unpaired) electrons. The van der Waals surface area contributed by atoms with E-state index in [1.165, 1.54) is 0 Å². The second-order valence-electron chi connectivity index (χ2n) is 8.62. The normalized spacial score (nSPS) is 13.1. The molecule has 0 bridgehead atoms. The fraction of sp³-hybridized carbons (Fsp3) is 0. The molecule has 6 heteroatoms. The van der Waals surface area contributed by atoms with E-state index in [1.807, 2.05) is 84.9 Å². The van der Waals surface area contributed by atoms with Gasteiger partial charge in [-0.3, -0.25) is 14.2 Å². The van der Waals surface area contributed by atoms with Gasteiger partial charge in [0.1, 0.15) is 5.82 Å². The van der Waals surface area contributed by atoms with Crippen LogP contribution in [0, 0.1) is 0 Å². The smallest absolute Gasteiger partial charge is 0.267 e. The summed E-state index contributed by atoms with van der Waals surface area (Å²) in [6.07, 6.45) is 1.54. The monoisotopic (exact) mass is 467 g/mol. The number of benzene rings is 4. The number of ketones is 2. The number of aromatic nitrogens is 3. The lowest BCUT2D eigenvalue weighted by Gasteiger charge is -2.05. The van der Waals surface area contributed by atoms with E-state index in [1.54, 1.807) is 22.8 Å². The van der Waals surface area contributed by atoms with E-state index >= 15 is 0 Å². The fourth-order valence-electron chi connectivity index (χ4n) is 4.69. The molecular formula is C30H17N3O3. The molecule has 2 aromatic heterocycles.